The van der Waals surface area contributed by atoms with Gasteiger partial charge in [0, 0.05) is 12.8 Å². The van der Waals surface area contributed by atoms with Crippen LogP contribution in [0.25, 0.3) is 0 Å². The highest BCUT2D eigenvalue weighted by Gasteiger charge is 2.27. The predicted molar refractivity (Wildman–Crippen MR) is 201 cm³/mol. The fourth-order valence-corrected chi connectivity index (χ4v) is 6.01. The van der Waals surface area contributed by atoms with Crippen LogP contribution in [0.15, 0.2) is 24.3 Å². The normalized spacial score (nSPS) is 14.3. The van der Waals surface area contributed by atoms with Gasteiger partial charge in [0.1, 0.15) is 12.7 Å². The fraction of sp³-hybridized carbons (Fsp3) is 0.846. The van der Waals surface area contributed by atoms with Crippen molar-refractivity contribution in [2.24, 2.45) is 0 Å². The lowest BCUT2D eigenvalue weighted by molar-refractivity contribution is -0.161. The molecule has 0 saturated carbocycles. The van der Waals surface area contributed by atoms with Crippen LogP contribution in [0.2, 0.25) is 0 Å². The molecule has 0 saturated heterocycles. The number of unbranched alkanes of at least 4 members (excludes halogenated alkanes) is 19. The number of carbonyl (C=O) groups excluding carboxylic acids is 2. The number of allylic oxidation sites excluding steroid dienone is 4. The summed E-state index contributed by atoms with van der Waals surface area (Å²) in [5.41, 5.74) is 0. The topological polar surface area (TPSA) is 149 Å². The lowest BCUT2D eigenvalue weighted by atomic mass is 10.1. The van der Waals surface area contributed by atoms with E-state index in [1.165, 1.54) is 77.0 Å². The fourth-order valence-electron chi connectivity index (χ4n) is 5.22. The van der Waals surface area contributed by atoms with Crippen LogP contribution in [0, 0.1) is 0 Å². The number of phosphoric acid groups is 1. The highest BCUT2D eigenvalue weighted by Crippen LogP contribution is 2.43. The number of hydrogen-bond acceptors (Lipinski definition) is 9. The van der Waals surface area contributed by atoms with Crippen molar-refractivity contribution in [3.8, 4) is 0 Å². The lowest BCUT2D eigenvalue weighted by Crippen LogP contribution is -2.29. The van der Waals surface area contributed by atoms with E-state index in [0.29, 0.717) is 12.8 Å². The highest BCUT2D eigenvalue weighted by atomic mass is 31.2. The van der Waals surface area contributed by atoms with Crippen molar-refractivity contribution in [1.82, 2.24) is 0 Å². The Balaban J connectivity index is 4.37. The lowest BCUT2D eigenvalue weighted by Gasteiger charge is -2.20. The molecule has 3 atom stereocenters. The minimum atomic E-state index is -4.61. The molecule has 0 aromatic rings. The molecule has 3 N–H and O–H groups in total. The molecule has 294 valence electrons. The quantitative estimate of drug-likeness (QED) is 0.0244. The molecular formula is C39H73O10P. The van der Waals surface area contributed by atoms with Crippen molar-refractivity contribution in [1.29, 1.82) is 0 Å². The van der Waals surface area contributed by atoms with E-state index in [9.17, 15) is 24.2 Å². The summed E-state index contributed by atoms with van der Waals surface area (Å²) in [6, 6.07) is 0. The number of aliphatic hydroxyl groups is 2. The van der Waals surface area contributed by atoms with Gasteiger partial charge in [-0.3, -0.25) is 18.6 Å². The van der Waals surface area contributed by atoms with Gasteiger partial charge in [0.25, 0.3) is 0 Å². The second kappa shape index (κ2) is 35.8. The highest BCUT2D eigenvalue weighted by molar-refractivity contribution is 7.47. The smallest absolute Gasteiger partial charge is 0.462 e. The maximum absolute atomic E-state index is 12.5. The summed E-state index contributed by atoms with van der Waals surface area (Å²) < 4.78 is 32.6. The molecule has 10 nitrogen and oxygen atoms in total. The molecule has 0 aliphatic rings. The van der Waals surface area contributed by atoms with Crippen LogP contribution in [-0.2, 0) is 32.7 Å². The van der Waals surface area contributed by atoms with Gasteiger partial charge in [-0.2, -0.15) is 0 Å². The summed E-state index contributed by atoms with van der Waals surface area (Å²) in [6.45, 7) is 2.31. The Hall–Kier alpha value is -1.55. The number of phosphoric ester groups is 1. The third-order valence-electron chi connectivity index (χ3n) is 8.33. The maximum Gasteiger partial charge on any atom is 0.472 e. The molecule has 0 aliphatic heterocycles. The first-order chi connectivity index (χ1) is 24.2. The first-order valence-corrected chi connectivity index (χ1v) is 21.3. The molecule has 0 spiro atoms. The van der Waals surface area contributed by atoms with Crippen molar-refractivity contribution in [2.75, 3.05) is 26.4 Å². The van der Waals surface area contributed by atoms with Gasteiger partial charge in [-0.1, -0.05) is 122 Å². The van der Waals surface area contributed by atoms with Gasteiger partial charge in [-0.05, 0) is 64.2 Å². The van der Waals surface area contributed by atoms with Gasteiger partial charge in [0.2, 0.25) is 0 Å². The van der Waals surface area contributed by atoms with Crippen LogP contribution < -0.4 is 0 Å². The second-order valence-electron chi connectivity index (χ2n) is 13.3. The minimum absolute atomic E-state index is 0.171. The summed E-state index contributed by atoms with van der Waals surface area (Å²) >= 11 is 0. The van der Waals surface area contributed by atoms with Crippen LogP contribution in [-0.4, -0.2) is 65.7 Å². The Bertz CT molecular complexity index is 894. The minimum Gasteiger partial charge on any atom is -0.462 e. The van der Waals surface area contributed by atoms with Crippen LogP contribution in [0.4, 0.5) is 0 Å². The number of ether oxygens (including phenoxy) is 2. The van der Waals surface area contributed by atoms with Crippen LogP contribution in [0.5, 0.6) is 0 Å². The molecule has 0 aliphatic carbocycles. The first kappa shape index (κ1) is 48.5. The SMILES string of the molecule is CCCCC/C=C/CCCCCCCC(=O)O[C@H](COC(=O)CCCC/C=C/CCCCCCCCCCC)COP(=O)(O)OC[C@@H](O)CO. The third-order valence-corrected chi connectivity index (χ3v) is 9.28. The summed E-state index contributed by atoms with van der Waals surface area (Å²) in [7, 11) is -4.61. The van der Waals surface area contributed by atoms with Gasteiger partial charge < -0.3 is 24.6 Å². The number of aliphatic hydroxyl groups excluding tert-OH is 2. The van der Waals surface area contributed by atoms with Gasteiger partial charge in [-0.15, -0.1) is 0 Å². The predicted octanol–water partition coefficient (Wildman–Crippen LogP) is 9.83. The van der Waals surface area contributed by atoms with Crippen LogP contribution in [0.3, 0.4) is 0 Å². The average molecular weight is 733 g/mol. The third kappa shape index (κ3) is 34.9. The van der Waals surface area contributed by atoms with Crippen molar-refractivity contribution >= 4 is 19.8 Å². The van der Waals surface area contributed by atoms with E-state index in [2.05, 4.69) is 42.7 Å². The van der Waals surface area contributed by atoms with Crippen molar-refractivity contribution in [3.05, 3.63) is 24.3 Å². The van der Waals surface area contributed by atoms with Crippen LogP contribution in [0.1, 0.15) is 174 Å². The van der Waals surface area contributed by atoms with Gasteiger partial charge in [-0.25, -0.2) is 4.57 Å². The van der Waals surface area contributed by atoms with E-state index < -0.39 is 51.8 Å². The number of carbonyl (C=O) groups is 2. The molecular weight excluding hydrogens is 659 g/mol. The maximum atomic E-state index is 12.5. The molecule has 0 aromatic carbocycles. The van der Waals surface area contributed by atoms with E-state index in [1.807, 2.05) is 0 Å². The van der Waals surface area contributed by atoms with E-state index >= 15 is 0 Å². The largest absolute Gasteiger partial charge is 0.472 e. The monoisotopic (exact) mass is 732 g/mol. The molecule has 0 amide bonds. The van der Waals surface area contributed by atoms with Crippen molar-refractivity contribution < 1.29 is 47.8 Å². The first-order valence-electron chi connectivity index (χ1n) is 19.8. The zero-order valence-corrected chi connectivity index (χ0v) is 32.5. The van der Waals surface area contributed by atoms with E-state index in [-0.39, 0.29) is 19.4 Å². The summed E-state index contributed by atoms with van der Waals surface area (Å²) in [5.74, 6) is -0.960. The Kier molecular flexibility index (Phi) is 34.7. The molecule has 0 heterocycles. The van der Waals surface area contributed by atoms with E-state index in [1.54, 1.807) is 0 Å². The molecule has 0 rings (SSSR count). The number of hydrogen-bond donors (Lipinski definition) is 3. The molecule has 0 radical (unpaired) electrons. The number of rotatable bonds is 37. The Morgan fingerprint density at radius 3 is 1.52 bits per heavy atom. The summed E-state index contributed by atoms with van der Waals surface area (Å²) in [6.07, 6.45) is 32.9. The zero-order chi connectivity index (χ0) is 37.0. The molecule has 1 unspecified atom stereocenters. The number of esters is 2. The van der Waals surface area contributed by atoms with Crippen molar-refractivity contribution in [2.45, 2.75) is 187 Å². The molecule has 11 heteroatoms. The van der Waals surface area contributed by atoms with Crippen molar-refractivity contribution in [3.63, 3.8) is 0 Å². The van der Waals surface area contributed by atoms with E-state index in [4.69, 9.17) is 19.1 Å². The Morgan fingerprint density at radius 1 is 0.580 bits per heavy atom. The van der Waals surface area contributed by atoms with Gasteiger partial charge >= 0.3 is 19.8 Å². The molecule has 50 heavy (non-hydrogen) atoms. The molecule has 0 bridgehead atoms. The van der Waals surface area contributed by atoms with E-state index in [0.717, 1.165) is 57.8 Å². The van der Waals surface area contributed by atoms with Crippen LogP contribution >= 0.6 is 7.82 Å². The second-order valence-corrected chi connectivity index (χ2v) is 14.8. The summed E-state index contributed by atoms with van der Waals surface area (Å²) in [5, 5.41) is 18.3. The zero-order valence-electron chi connectivity index (χ0n) is 31.6. The standard InChI is InChI=1S/C39H73O10P/c1-3-5-7-9-11-13-15-17-18-19-21-22-24-26-28-30-38(42)46-34-37(35-48-50(44,45)47-33-36(41)32-40)49-39(43)31-29-27-25-23-20-16-14-12-10-8-6-4-2/h12,14,21-22,36-37,40-41H,3-11,13,15-20,23-35H2,1-2H3,(H,44,45)/b14-12+,22-21+/t36-,37+/m0/s1. The molecule has 0 aromatic heterocycles. The Labute approximate surface area is 304 Å². The van der Waals surface area contributed by atoms with Gasteiger partial charge in [0.05, 0.1) is 19.8 Å². The summed E-state index contributed by atoms with van der Waals surface area (Å²) in [4.78, 5) is 34.8. The Morgan fingerprint density at radius 2 is 0.980 bits per heavy atom. The average Bonchev–Trinajstić information content (AvgIpc) is 3.10. The van der Waals surface area contributed by atoms with Gasteiger partial charge in [0.15, 0.2) is 6.10 Å². The molecule has 0 fully saturated rings.